The zero-order valence-corrected chi connectivity index (χ0v) is 9.58. The van der Waals surface area contributed by atoms with E-state index in [0.29, 0.717) is 5.54 Å². The van der Waals surface area contributed by atoms with Crippen LogP contribution < -0.4 is 11.3 Å². The van der Waals surface area contributed by atoms with Gasteiger partial charge < -0.3 is 5.43 Å². The standard InChI is InChI=1S/C13H19N3/c14-15-12-5-3-11(4-6-12)13(7-8-13)16-9-1-2-10-16/h3-6,15H,1-2,7-10,14H2. The second-order valence-electron chi connectivity index (χ2n) is 4.95. The fourth-order valence-corrected chi connectivity index (χ4v) is 2.93. The van der Waals surface area contributed by atoms with Gasteiger partial charge in [0.15, 0.2) is 0 Å². The quantitative estimate of drug-likeness (QED) is 0.601. The summed E-state index contributed by atoms with van der Waals surface area (Å²) in [4.78, 5) is 2.66. The summed E-state index contributed by atoms with van der Waals surface area (Å²) in [5.41, 5.74) is 5.51. The Bertz CT molecular complexity index is 361. The minimum atomic E-state index is 0.379. The Kier molecular flexibility index (Phi) is 2.37. The van der Waals surface area contributed by atoms with Crippen LogP contribution in [0.5, 0.6) is 0 Å². The van der Waals surface area contributed by atoms with E-state index < -0.39 is 0 Å². The van der Waals surface area contributed by atoms with Crippen molar-refractivity contribution in [1.29, 1.82) is 0 Å². The number of hydrogen-bond acceptors (Lipinski definition) is 3. The van der Waals surface area contributed by atoms with Gasteiger partial charge in [-0.3, -0.25) is 10.7 Å². The summed E-state index contributed by atoms with van der Waals surface area (Å²) in [5, 5.41) is 0. The molecule has 2 aliphatic rings. The number of hydrogen-bond donors (Lipinski definition) is 2. The van der Waals surface area contributed by atoms with Crippen molar-refractivity contribution in [2.45, 2.75) is 31.2 Å². The van der Waals surface area contributed by atoms with Crippen LogP contribution in [0.3, 0.4) is 0 Å². The molecule has 1 heterocycles. The van der Waals surface area contributed by atoms with Crippen molar-refractivity contribution in [3.05, 3.63) is 29.8 Å². The lowest BCUT2D eigenvalue weighted by molar-refractivity contribution is 0.223. The summed E-state index contributed by atoms with van der Waals surface area (Å²) >= 11 is 0. The first-order valence-electron chi connectivity index (χ1n) is 6.17. The topological polar surface area (TPSA) is 41.3 Å². The highest BCUT2D eigenvalue weighted by atomic mass is 15.2. The van der Waals surface area contributed by atoms with Gasteiger partial charge in [-0.1, -0.05) is 12.1 Å². The SMILES string of the molecule is NNc1ccc(C2(N3CCCC3)CC2)cc1. The Morgan fingerprint density at radius 2 is 1.69 bits per heavy atom. The van der Waals surface area contributed by atoms with Crippen molar-refractivity contribution >= 4 is 5.69 Å². The van der Waals surface area contributed by atoms with Gasteiger partial charge in [0.2, 0.25) is 0 Å². The molecule has 3 nitrogen and oxygen atoms in total. The van der Waals surface area contributed by atoms with Gasteiger partial charge in [0.25, 0.3) is 0 Å². The Balaban J connectivity index is 1.84. The molecule has 1 aliphatic carbocycles. The molecular formula is C13H19N3. The predicted molar refractivity (Wildman–Crippen MR) is 66.0 cm³/mol. The summed E-state index contributed by atoms with van der Waals surface area (Å²) in [6.45, 7) is 2.55. The van der Waals surface area contributed by atoms with Crippen LogP contribution in [0.15, 0.2) is 24.3 Å². The number of rotatable bonds is 3. The molecule has 0 atom stereocenters. The second-order valence-corrected chi connectivity index (χ2v) is 4.95. The summed E-state index contributed by atoms with van der Waals surface area (Å²) in [7, 11) is 0. The van der Waals surface area contributed by atoms with Gasteiger partial charge >= 0.3 is 0 Å². The maximum Gasteiger partial charge on any atom is 0.0485 e. The Hall–Kier alpha value is -1.06. The highest BCUT2D eigenvalue weighted by Gasteiger charge is 2.49. The van der Waals surface area contributed by atoms with Crippen LogP contribution in [-0.4, -0.2) is 18.0 Å². The number of nitrogens with two attached hydrogens (primary N) is 1. The summed E-state index contributed by atoms with van der Waals surface area (Å²) in [5.74, 6) is 5.39. The molecule has 0 unspecified atom stereocenters. The molecule has 2 fully saturated rings. The minimum absolute atomic E-state index is 0.379. The average molecular weight is 217 g/mol. The Labute approximate surface area is 96.6 Å². The van der Waals surface area contributed by atoms with E-state index in [-0.39, 0.29) is 0 Å². The lowest BCUT2D eigenvalue weighted by Gasteiger charge is -2.28. The molecule has 86 valence electrons. The van der Waals surface area contributed by atoms with E-state index in [9.17, 15) is 0 Å². The van der Waals surface area contributed by atoms with Crippen molar-refractivity contribution in [1.82, 2.24) is 4.90 Å². The fourth-order valence-electron chi connectivity index (χ4n) is 2.93. The lowest BCUT2D eigenvalue weighted by Crippen LogP contribution is -2.32. The van der Waals surface area contributed by atoms with Crippen molar-refractivity contribution in [3.63, 3.8) is 0 Å². The zero-order chi connectivity index (χ0) is 11.0. The Morgan fingerprint density at radius 3 is 2.19 bits per heavy atom. The summed E-state index contributed by atoms with van der Waals surface area (Å²) in [6.07, 6.45) is 5.37. The molecule has 0 bridgehead atoms. The van der Waals surface area contributed by atoms with Gasteiger partial charge in [0, 0.05) is 11.2 Å². The van der Waals surface area contributed by atoms with E-state index in [0.717, 1.165) is 5.69 Å². The van der Waals surface area contributed by atoms with E-state index in [1.54, 1.807) is 0 Å². The third-order valence-electron chi connectivity index (χ3n) is 4.02. The molecule has 1 aromatic rings. The Morgan fingerprint density at radius 1 is 1.06 bits per heavy atom. The molecule has 3 heteroatoms. The van der Waals surface area contributed by atoms with E-state index in [1.165, 1.54) is 44.3 Å². The van der Waals surface area contributed by atoms with Crippen LogP contribution in [0.2, 0.25) is 0 Å². The molecule has 16 heavy (non-hydrogen) atoms. The monoisotopic (exact) mass is 217 g/mol. The first-order chi connectivity index (χ1) is 7.85. The third-order valence-corrected chi connectivity index (χ3v) is 4.02. The molecule has 0 spiro atoms. The van der Waals surface area contributed by atoms with Gasteiger partial charge in [-0.2, -0.15) is 0 Å². The van der Waals surface area contributed by atoms with Crippen molar-refractivity contribution < 1.29 is 0 Å². The molecule has 1 aliphatic heterocycles. The summed E-state index contributed by atoms with van der Waals surface area (Å²) < 4.78 is 0. The average Bonchev–Trinajstić information content (AvgIpc) is 2.97. The second kappa shape index (κ2) is 3.75. The molecule has 1 saturated heterocycles. The number of nitrogens with one attached hydrogen (secondary N) is 1. The van der Waals surface area contributed by atoms with Crippen LogP contribution in [0.4, 0.5) is 5.69 Å². The molecule has 0 radical (unpaired) electrons. The normalized spacial score (nSPS) is 23.3. The van der Waals surface area contributed by atoms with Gasteiger partial charge in [-0.05, 0) is 56.5 Å². The van der Waals surface area contributed by atoms with E-state index in [4.69, 9.17) is 5.84 Å². The van der Waals surface area contributed by atoms with Crippen LogP contribution in [-0.2, 0) is 5.54 Å². The van der Waals surface area contributed by atoms with Crippen LogP contribution in [0, 0.1) is 0 Å². The predicted octanol–water partition coefficient (Wildman–Crippen LogP) is 2.06. The molecular weight excluding hydrogens is 198 g/mol. The van der Waals surface area contributed by atoms with Gasteiger partial charge in [0.05, 0.1) is 0 Å². The number of nitrogen functional groups attached to an aromatic ring is 1. The number of benzene rings is 1. The van der Waals surface area contributed by atoms with E-state index >= 15 is 0 Å². The molecule has 3 N–H and O–H groups in total. The fraction of sp³-hybridized carbons (Fsp3) is 0.538. The molecule has 1 saturated carbocycles. The lowest BCUT2D eigenvalue weighted by atomic mass is 10.0. The van der Waals surface area contributed by atoms with Gasteiger partial charge in [-0.25, -0.2) is 0 Å². The first-order valence-corrected chi connectivity index (χ1v) is 6.17. The number of nitrogens with zero attached hydrogens (tertiary/aromatic N) is 1. The number of likely N-dealkylation sites (tertiary alicyclic amines) is 1. The maximum absolute atomic E-state index is 5.39. The summed E-state index contributed by atoms with van der Waals surface area (Å²) in [6, 6.07) is 8.60. The van der Waals surface area contributed by atoms with E-state index in [1.807, 2.05) is 0 Å². The van der Waals surface area contributed by atoms with Crippen molar-refractivity contribution in [3.8, 4) is 0 Å². The van der Waals surface area contributed by atoms with Crippen LogP contribution >= 0.6 is 0 Å². The molecule has 0 aromatic heterocycles. The molecule has 0 amide bonds. The molecule has 3 rings (SSSR count). The largest absolute Gasteiger partial charge is 0.324 e. The van der Waals surface area contributed by atoms with Crippen LogP contribution in [0.1, 0.15) is 31.2 Å². The van der Waals surface area contributed by atoms with Crippen LogP contribution in [0.25, 0.3) is 0 Å². The number of anilines is 1. The zero-order valence-electron chi connectivity index (χ0n) is 9.58. The highest BCUT2D eigenvalue weighted by molar-refractivity contribution is 5.46. The molecule has 1 aromatic carbocycles. The van der Waals surface area contributed by atoms with Gasteiger partial charge in [-0.15, -0.1) is 0 Å². The van der Waals surface area contributed by atoms with Crippen molar-refractivity contribution in [2.75, 3.05) is 18.5 Å². The highest BCUT2D eigenvalue weighted by Crippen LogP contribution is 2.52. The number of hydrazine groups is 1. The minimum Gasteiger partial charge on any atom is -0.324 e. The third kappa shape index (κ3) is 1.51. The van der Waals surface area contributed by atoms with E-state index in [2.05, 4.69) is 34.6 Å². The first kappa shape index (κ1) is 10.1. The van der Waals surface area contributed by atoms with Gasteiger partial charge in [0.1, 0.15) is 0 Å². The smallest absolute Gasteiger partial charge is 0.0485 e. The van der Waals surface area contributed by atoms with Crippen molar-refractivity contribution in [2.24, 2.45) is 5.84 Å². The maximum atomic E-state index is 5.39.